The lowest BCUT2D eigenvalue weighted by atomic mass is 9.87. The van der Waals surface area contributed by atoms with E-state index in [0.29, 0.717) is 0 Å². The first-order chi connectivity index (χ1) is 34.2. The van der Waals surface area contributed by atoms with Gasteiger partial charge in [0, 0.05) is 20.2 Å². The Labute approximate surface area is 403 Å². The third-order valence-corrected chi connectivity index (χ3v) is 16.1. The Hall–Kier alpha value is -8.62. The molecule has 69 heavy (non-hydrogen) atoms. The van der Waals surface area contributed by atoms with Crippen molar-refractivity contribution >= 4 is 96.1 Å². The molecule has 0 saturated heterocycles. The minimum absolute atomic E-state index is 1.23. The van der Waals surface area contributed by atoms with Gasteiger partial charge in [-0.2, -0.15) is 0 Å². The van der Waals surface area contributed by atoms with Gasteiger partial charge in [0.05, 0.1) is 0 Å². The second kappa shape index (κ2) is 14.9. The molecule has 0 radical (unpaired) electrons. The second-order valence-electron chi connectivity index (χ2n) is 18.7. The van der Waals surface area contributed by atoms with E-state index in [1.807, 2.05) is 11.3 Å². The smallest absolute Gasteiger partial charge is 0.0361 e. The van der Waals surface area contributed by atoms with Gasteiger partial charge in [0.25, 0.3) is 0 Å². The summed E-state index contributed by atoms with van der Waals surface area (Å²) in [7, 11) is 0. The highest BCUT2D eigenvalue weighted by molar-refractivity contribution is 7.25. The largest absolute Gasteiger partial charge is 0.135 e. The van der Waals surface area contributed by atoms with Crippen molar-refractivity contribution in [2.45, 2.75) is 0 Å². The summed E-state index contributed by atoms with van der Waals surface area (Å²) in [5.74, 6) is 0. The van der Waals surface area contributed by atoms with E-state index in [0.717, 1.165) is 0 Å². The highest BCUT2D eigenvalue weighted by atomic mass is 32.1. The highest BCUT2D eigenvalue weighted by Crippen LogP contribution is 2.47. The molecule has 0 bridgehead atoms. The molecule has 1 heterocycles. The first-order valence-electron chi connectivity index (χ1n) is 23.9. The number of benzene rings is 14. The normalized spacial score (nSPS) is 12.1. The lowest BCUT2D eigenvalue weighted by Gasteiger charge is -2.17. The zero-order valence-corrected chi connectivity index (χ0v) is 38.3. The maximum absolute atomic E-state index is 2.43. The molecule has 0 saturated carbocycles. The van der Waals surface area contributed by atoms with Crippen molar-refractivity contribution in [2.75, 3.05) is 0 Å². The summed E-state index contributed by atoms with van der Waals surface area (Å²) in [4.78, 5) is 0. The summed E-state index contributed by atoms with van der Waals surface area (Å²) in [6.45, 7) is 0. The molecule has 1 aromatic heterocycles. The third-order valence-electron chi connectivity index (χ3n) is 15.0. The molecule has 0 spiro atoms. The Morgan fingerprint density at radius 3 is 0.797 bits per heavy atom. The number of hydrogen-bond acceptors (Lipinski definition) is 1. The Kier molecular flexibility index (Phi) is 8.33. The van der Waals surface area contributed by atoms with Crippen LogP contribution in [0.15, 0.2) is 243 Å². The van der Waals surface area contributed by atoms with Gasteiger partial charge in [-0.05, 0) is 144 Å². The molecule has 318 valence electrons. The van der Waals surface area contributed by atoms with Crippen LogP contribution < -0.4 is 0 Å². The van der Waals surface area contributed by atoms with Crippen molar-refractivity contribution in [2.24, 2.45) is 0 Å². The molecule has 0 atom stereocenters. The topological polar surface area (TPSA) is 0 Å². The summed E-state index contributed by atoms with van der Waals surface area (Å²) in [6.07, 6.45) is 0. The number of hydrogen-bond donors (Lipinski definition) is 0. The van der Waals surface area contributed by atoms with Gasteiger partial charge in [-0.3, -0.25) is 0 Å². The van der Waals surface area contributed by atoms with Gasteiger partial charge >= 0.3 is 0 Å². The van der Waals surface area contributed by atoms with Crippen LogP contribution in [0.4, 0.5) is 0 Å². The number of fused-ring (bicyclic) bond motifs is 3. The monoisotopic (exact) mass is 888 g/mol. The molecular formula is C68H40S. The van der Waals surface area contributed by atoms with E-state index >= 15 is 0 Å². The fraction of sp³-hybridized carbons (Fsp3) is 0. The molecule has 0 nitrogen and oxygen atoms in total. The molecule has 0 aliphatic carbocycles. The van der Waals surface area contributed by atoms with Crippen LogP contribution in [0, 0.1) is 0 Å². The van der Waals surface area contributed by atoms with Gasteiger partial charge in [0.1, 0.15) is 0 Å². The van der Waals surface area contributed by atoms with E-state index < -0.39 is 0 Å². The third kappa shape index (κ3) is 5.94. The summed E-state index contributed by atoms with van der Waals surface area (Å²) in [6, 6.07) is 90.7. The Balaban J connectivity index is 0.807. The van der Waals surface area contributed by atoms with E-state index in [4.69, 9.17) is 0 Å². The second-order valence-corrected chi connectivity index (χ2v) is 19.8. The minimum Gasteiger partial charge on any atom is -0.135 e. The molecule has 0 aliphatic heterocycles. The average Bonchev–Trinajstić information content (AvgIpc) is 3.79. The van der Waals surface area contributed by atoms with Gasteiger partial charge in [-0.25, -0.2) is 0 Å². The van der Waals surface area contributed by atoms with Crippen LogP contribution in [0.3, 0.4) is 0 Å². The molecular weight excluding hydrogens is 849 g/mol. The van der Waals surface area contributed by atoms with Crippen LogP contribution in [-0.2, 0) is 0 Å². The Morgan fingerprint density at radius 1 is 0.188 bits per heavy atom. The van der Waals surface area contributed by atoms with Crippen molar-refractivity contribution in [3.05, 3.63) is 243 Å². The van der Waals surface area contributed by atoms with Gasteiger partial charge in [-0.1, -0.05) is 231 Å². The van der Waals surface area contributed by atoms with Crippen LogP contribution in [0.2, 0.25) is 0 Å². The SMILES string of the molecule is c1ccc(-c2ccc(-c3ccc4ccc5c(-c6ccc7c(c6)sc6cc(-c8ccc9ccc%10c(-c%11ccc(-c%12ccccc%12)cc%11)ccc%11ccc8c9c%11%10)ccc67)ccc6ccc3c4c65)cc2)cc1. The zero-order chi connectivity index (χ0) is 45.2. The molecule has 0 N–H and O–H groups in total. The Morgan fingerprint density at radius 2 is 0.449 bits per heavy atom. The fourth-order valence-electron chi connectivity index (χ4n) is 11.7. The van der Waals surface area contributed by atoms with Crippen LogP contribution in [0.1, 0.15) is 0 Å². The lowest BCUT2D eigenvalue weighted by molar-refractivity contribution is 1.61. The summed E-state index contributed by atoms with van der Waals surface area (Å²) in [5.41, 5.74) is 15.0. The van der Waals surface area contributed by atoms with Gasteiger partial charge in [-0.15, -0.1) is 11.3 Å². The van der Waals surface area contributed by atoms with E-state index in [1.165, 1.54) is 152 Å². The standard InChI is InChI=1S/C68H40S/c1-3-7-41(8-4-1)43-11-15-45(16-12-43)53-29-19-47-25-37-61-55(31-21-49-23-35-59(53)65(47)67(49)61)51-27-33-57-58-34-28-52(40-64(58)69-63(57)39-51)56-32-22-50-24-36-60-54(30-20-48-26-38-62(56)68(50)66(48)60)46-17-13-44(14-18-46)42-9-5-2-6-10-42/h1-40H. The average molecular weight is 889 g/mol. The van der Waals surface area contributed by atoms with Gasteiger partial charge < -0.3 is 0 Å². The summed E-state index contributed by atoms with van der Waals surface area (Å²) in [5, 5.41) is 18.3. The first-order valence-corrected chi connectivity index (χ1v) is 24.7. The van der Waals surface area contributed by atoms with Crippen LogP contribution in [0.5, 0.6) is 0 Å². The van der Waals surface area contributed by atoms with Crippen LogP contribution >= 0.6 is 11.3 Å². The molecule has 0 amide bonds. The molecule has 15 rings (SSSR count). The van der Waals surface area contributed by atoms with Crippen molar-refractivity contribution < 1.29 is 0 Å². The number of rotatable bonds is 6. The summed E-state index contributed by atoms with van der Waals surface area (Å²) < 4.78 is 2.62. The zero-order valence-electron chi connectivity index (χ0n) is 37.5. The quantitative estimate of drug-likeness (QED) is 0.146. The molecule has 15 aromatic rings. The molecule has 1 heteroatoms. The molecule has 14 aromatic carbocycles. The maximum atomic E-state index is 2.43. The minimum atomic E-state index is 1.23. The van der Waals surface area contributed by atoms with Crippen molar-refractivity contribution in [3.63, 3.8) is 0 Å². The molecule has 0 aliphatic rings. The highest BCUT2D eigenvalue weighted by Gasteiger charge is 2.19. The predicted molar refractivity (Wildman–Crippen MR) is 299 cm³/mol. The predicted octanol–water partition coefficient (Wildman–Crippen LogP) is 19.9. The van der Waals surface area contributed by atoms with Gasteiger partial charge in [0.15, 0.2) is 0 Å². The maximum Gasteiger partial charge on any atom is 0.0361 e. The van der Waals surface area contributed by atoms with E-state index in [-0.39, 0.29) is 0 Å². The molecule has 0 unspecified atom stereocenters. The Bertz CT molecular complexity index is 4190. The fourth-order valence-corrected chi connectivity index (χ4v) is 12.9. The molecule has 0 fully saturated rings. The van der Waals surface area contributed by atoms with Crippen molar-refractivity contribution in [3.8, 4) is 66.8 Å². The van der Waals surface area contributed by atoms with E-state index in [1.54, 1.807) is 0 Å². The van der Waals surface area contributed by atoms with E-state index in [9.17, 15) is 0 Å². The van der Waals surface area contributed by atoms with Crippen LogP contribution in [-0.4, -0.2) is 0 Å². The first kappa shape index (κ1) is 38.5. The van der Waals surface area contributed by atoms with Crippen LogP contribution in [0.25, 0.3) is 152 Å². The summed E-state index contributed by atoms with van der Waals surface area (Å²) >= 11 is 1.90. The van der Waals surface area contributed by atoms with Crippen molar-refractivity contribution in [1.82, 2.24) is 0 Å². The van der Waals surface area contributed by atoms with Crippen molar-refractivity contribution in [1.29, 1.82) is 0 Å². The number of thiophene rings is 1. The van der Waals surface area contributed by atoms with Gasteiger partial charge in [0.2, 0.25) is 0 Å². The lowest BCUT2D eigenvalue weighted by Crippen LogP contribution is -1.89. The van der Waals surface area contributed by atoms with E-state index in [2.05, 4.69) is 243 Å².